The van der Waals surface area contributed by atoms with Gasteiger partial charge in [-0.15, -0.1) is 0 Å². The minimum Gasteiger partial charge on any atom is -0.494 e. The molecule has 5 rings (SSSR count). The van der Waals surface area contributed by atoms with Gasteiger partial charge in [0.2, 0.25) is 6.79 Å². The Morgan fingerprint density at radius 3 is 2.53 bits per heavy atom. The van der Waals surface area contributed by atoms with Crippen LogP contribution in [0.3, 0.4) is 0 Å². The quantitative estimate of drug-likeness (QED) is 0.164. The largest absolute Gasteiger partial charge is 0.494 e. The fourth-order valence-electron chi connectivity index (χ4n) is 5.00. The molecule has 2 heterocycles. The van der Waals surface area contributed by atoms with Crippen LogP contribution >= 0.6 is 22.6 Å². The van der Waals surface area contributed by atoms with Crippen molar-refractivity contribution in [2.45, 2.75) is 52.2 Å². The molecular formula is C31H34IN3O3. The Balaban J connectivity index is 1.55. The van der Waals surface area contributed by atoms with Gasteiger partial charge in [0.1, 0.15) is 5.75 Å². The summed E-state index contributed by atoms with van der Waals surface area (Å²) in [6.07, 6.45) is 3.24. The van der Waals surface area contributed by atoms with Crippen molar-refractivity contribution in [2.75, 3.05) is 13.4 Å². The number of H-pyrrole nitrogens is 1. The zero-order valence-electron chi connectivity index (χ0n) is 22.0. The molecule has 1 unspecified atom stereocenters. The lowest BCUT2D eigenvalue weighted by molar-refractivity contribution is 0.163. The Hall–Kier alpha value is -3.04. The molecule has 7 heteroatoms. The van der Waals surface area contributed by atoms with Gasteiger partial charge in [-0.3, -0.25) is 4.90 Å². The third kappa shape index (κ3) is 6.32. The molecule has 1 atom stereocenters. The molecule has 0 radical (unpaired) electrons. The molecule has 0 aliphatic carbocycles. The van der Waals surface area contributed by atoms with Gasteiger partial charge < -0.3 is 19.2 Å². The minimum absolute atomic E-state index is 0.117. The summed E-state index contributed by atoms with van der Waals surface area (Å²) in [6.45, 7) is 6.71. The van der Waals surface area contributed by atoms with E-state index < -0.39 is 0 Å². The van der Waals surface area contributed by atoms with Crippen LogP contribution in [0.5, 0.6) is 17.2 Å². The van der Waals surface area contributed by atoms with Gasteiger partial charge in [0, 0.05) is 13.1 Å². The second-order valence-corrected chi connectivity index (χ2v) is 10.5. The molecule has 1 aromatic heterocycles. The lowest BCUT2D eigenvalue weighted by Crippen LogP contribution is -2.29. The van der Waals surface area contributed by atoms with Gasteiger partial charge in [-0.1, -0.05) is 68.3 Å². The topological polar surface area (TPSA) is 59.6 Å². The summed E-state index contributed by atoms with van der Waals surface area (Å²) in [7, 11) is 0. The highest BCUT2D eigenvalue weighted by molar-refractivity contribution is 14.1. The first kappa shape index (κ1) is 26.6. The number of halogens is 1. The number of benzene rings is 3. The molecule has 1 aliphatic heterocycles. The SMILES string of the molecule is CCCCC(c1nc(I)[nH]c1-c1ccccc1)N(Cc1cccc(OCC)c1)Cc1ccc2c(c1)OCO2. The second-order valence-electron chi connectivity index (χ2n) is 9.48. The van der Waals surface area contributed by atoms with Crippen LogP contribution in [0.25, 0.3) is 11.3 Å². The van der Waals surface area contributed by atoms with Crippen LogP contribution < -0.4 is 14.2 Å². The van der Waals surface area contributed by atoms with Gasteiger partial charge in [-0.05, 0) is 76.9 Å². The lowest BCUT2D eigenvalue weighted by atomic mass is 9.98. The van der Waals surface area contributed by atoms with E-state index in [9.17, 15) is 0 Å². The van der Waals surface area contributed by atoms with Gasteiger partial charge in [0.25, 0.3) is 0 Å². The van der Waals surface area contributed by atoms with Crippen molar-refractivity contribution in [3.8, 4) is 28.5 Å². The number of rotatable bonds is 12. The minimum atomic E-state index is 0.117. The summed E-state index contributed by atoms with van der Waals surface area (Å²) in [6, 6.07) is 25.3. The Kier molecular flexibility index (Phi) is 8.86. The molecule has 0 amide bonds. The van der Waals surface area contributed by atoms with Gasteiger partial charge in [0.15, 0.2) is 15.3 Å². The molecule has 4 aromatic rings. The van der Waals surface area contributed by atoms with Crippen molar-refractivity contribution in [3.63, 3.8) is 0 Å². The standard InChI is InChI=1S/C31H34IN3O3/c1-3-5-14-26(30-29(33-31(32)34-30)24-11-7-6-8-12-24)35(19-22-10-9-13-25(17-22)36-4-2)20-23-15-16-27-28(18-23)38-21-37-27/h6-13,15-18,26H,3-5,14,19-21H2,1-2H3,(H,33,34). The number of unbranched alkanes of at least 4 members (excludes halogenated alkanes) is 1. The third-order valence-electron chi connectivity index (χ3n) is 6.77. The number of aromatic amines is 1. The van der Waals surface area contributed by atoms with E-state index in [2.05, 4.69) is 100 Å². The molecular weight excluding hydrogens is 589 g/mol. The van der Waals surface area contributed by atoms with Crippen LogP contribution in [0, 0.1) is 3.83 Å². The maximum atomic E-state index is 5.82. The van der Waals surface area contributed by atoms with Crippen molar-refractivity contribution in [2.24, 2.45) is 0 Å². The lowest BCUT2D eigenvalue weighted by Gasteiger charge is -2.32. The summed E-state index contributed by atoms with van der Waals surface area (Å²) < 4.78 is 18.0. The molecule has 198 valence electrons. The van der Waals surface area contributed by atoms with E-state index >= 15 is 0 Å². The van der Waals surface area contributed by atoms with E-state index in [0.717, 1.165) is 70.4 Å². The van der Waals surface area contributed by atoms with Crippen molar-refractivity contribution in [1.82, 2.24) is 14.9 Å². The molecule has 3 aromatic carbocycles. The smallest absolute Gasteiger partial charge is 0.231 e. The summed E-state index contributed by atoms with van der Waals surface area (Å²) in [4.78, 5) is 11.2. The summed E-state index contributed by atoms with van der Waals surface area (Å²) in [5.74, 6) is 2.52. The first-order valence-corrected chi connectivity index (χ1v) is 14.4. The highest BCUT2D eigenvalue weighted by Gasteiger charge is 2.27. The number of nitrogens with one attached hydrogen (secondary N) is 1. The number of hydrogen-bond acceptors (Lipinski definition) is 5. The Morgan fingerprint density at radius 1 is 0.947 bits per heavy atom. The van der Waals surface area contributed by atoms with E-state index in [0.29, 0.717) is 6.61 Å². The Labute approximate surface area is 238 Å². The predicted octanol–water partition coefficient (Wildman–Crippen LogP) is 7.74. The summed E-state index contributed by atoms with van der Waals surface area (Å²) in [5.41, 5.74) is 5.74. The van der Waals surface area contributed by atoms with Crippen molar-refractivity contribution >= 4 is 22.6 Å². The number of imidazole rings is 1. The molecule has 1 aliphatic rings. The normalized spacial score (nSPS) is 13.2. The van der Waals surface area contributed by atoms with Crippen LogP contribution in [0.1, 0.15) is 56.0 Å². The molecule has 0 bridgehead atoms. The van der Waals surface area contributed by atoms with Crippen LogP contribution in [-0.2, 0) is 13.1 Å². The first-order chi connectivity index (χ1) is 18.6. The number of aromatic nitrogens is 2. The number of nitrogens with zero attached hydrogens (tertiary/aromatic N) is 2. The van der Waals surface area contributed by atoms with E-state index in [-0.39, 0.29) is 12.8 Å². The monoisotopic (exact) mass is 623 g/mol. The van der Waals surface area contributed by atoms with Crippen LogP contribution in [0.2, 0.25) is 0 Å². The third-order valence-corrected chi connectivity index (χ3v) is 7.28. The average molecular weight is 624 g/mol. The molecule has 0 spiro atoms. The van der Waals surface area contributed by atoms with Crippen molar-refractivity contribution in [3.05, 3.63) is 93.4 Å². The summed E-state index contributed by atoms with van der Waals surface area (Å²) in [5, 5.41) is 0. The fraction of sp³-hybridized carbons (Fsp3) is 0.323. The van der Waals surface area contributed by atoms with Gasteiger partial charge >= 0.3 is 0 Å². The summed E-state index contributed by atoms with van der Waals surface area (Å²) >= 11 is 2.30. The molecule has 0 saturated heterocycles. The highest BCUT2D eigenvalue weighted by atomic mass is 127. The van der Waals surface area contributed by atoms with E-state index in [1.165, 1.54) is 11.1 Å². The Morgan fingerprint density at radius 2 is 1.74 bits per heavy atom. The van der Waals surface area contributed by atoms with E-state index in [1.807, 2.05) is 19.1 Å². The van der Waals surface area contributed by atoms with Crippen LogP contribution in [0.15, 0.2) is 72.8 Å². The highest BCUT2D eigenvalue weighted by Crippen LogP contribution is 2.37. The van der Waals surface area contributed by atoms with Crippen molar-refractivity contribution in [1.29, 1.82) is 0 Å². The van der Waals surface area contributed by atoms with Gasteiger partial charge in [-0.2, -0.15) is 0 Å². The molecule has 38 heavy (non-hydrogen) atoms. The van der Waals surface area contributed by atoms with E-state index in [4.69, 9.17) is 19.2 Å². The molecule has 6 nitrogen and oxygen atoms in total. The van der Waals surface area contributed by atoms with E-state index in [1.54, 1.807) is 0 Å². The van der Waals surface area contributed by atoms with Crippen LogP contribution in [0.4, 0.5) is 0 Å². The zero-order chi connectivity index (χ0) is 26.3. The zero-order valence-corrected chi connectivity index (χ0v) is 24.1. The Bertz CT molecular complexity index is 1340. The van der Waals surface area contributed by atoms with Gasteiger partial charge in [0.05, 0.1) is 24.0 Å². The maximum absolute atomic E-state index is 5.82. The van der Waals surface area contributed by atoms with Crippen LogP contribution in [-0.4, -0.2) is 28.3 Å². The fourth-order valence-corrected chi connectivity index (χ4v) is 5.53. The predicted molar refractivity (Wildman–Crippen MR) is 158 cm³/mol. The first-order valence-electron chi connectivity index (χ1n) is 13.3. The molecule has 0 saturated carbocycles. The number of fused-ring (bicyclic) bond motifs is 1. The molecule has 1 N–H and O–H groups in total. The average Bonchev–Trinajstić information content (AvgIpc) is 3.56. The van der Waals surface area contributed by atoms with Gasteiger partial charge in [-0.25, -0.2) is 4.98 Å². The van der Waals surface area contributed by atoms with Crippen molar-refractivity contribution < 1.29 is 14.2 Å². The number of hydrogen-bond donors (Lipinski definition) is 1. The maximum Gasteiger partial charge on any atom is 0.231 e. The number of ether oxygens (including phenoxy) is 3. The molecule has 0 fully saturated rings. The second kappa shape index (κ2) is 12.7.